The average molecular weight is 223 g/mol. The maximum atomic E-state index is 11.4. The van der Waals surface area contributed by atoms with E-state index in [0.29, 0.717) is 11.5 Å². The molecular weight excluding hydrogens is 206 g/mol. The van der Waals surface area contributed by atoms with Crippen molar-refractivity contribution in [3.8, 4) is 11.5 Å². The van der Waals surface area contributed by atoms with Crippen LogP contribution in [0.1, 0.15) is 18.5 Å². The molecule has 1 aromatic carbocycles. The molecule has 0 fully saturated rings. The van der Waals surface area contributed by atoms with Gasteiger partial charge >= 0.3 is 0 Å². The van der Waals surface area contributed by atoms with Gasteiger partial charge < -0.3 is 14.8 Å². The molecule has 0 radical (unpaired) electrons. The number of carbonyl (C=O) groups is 1. The lowest BCUT2D eigenvalue weighted by Gasteiger charge is -2.15. The molecule has 0 aliphatic heterocycles. The fourth-order valence-electron chi connectivity index (χ4n) is 1.64. The van der Waals surface area contributed by atoms with Gasteiger partial charge in [-0.1, -0.05) is 6.07 Å². The fraction of sp³-hybridized carbons (Fsp3) is 0.417. The molecule has 1 aromatic rings. The highest BCUT2D eigenvalue weighted by Gasteiger charge is 2.16. The Balaban J connectivity index is 3.11. The van der Waals surface area contributed by atoms with Crippen molar-refractivity contribution in [3.05, 3.63) is 23.8 Å². The molecule has 0 heterocycles. The number of hydrogen-bond acceptors (Lipinski definition) is 4. The molecule has 0 amide bonds. The molecule has 0 saturated carbocycles. The Hall–Kier alpha value is -1.55. The summed E-state index contributed by atoms with van der Waals surface area (Å²) in [6.45, 7) is 1.55. The van der Waals surface area contributed by atoms with E-state index in [-0.39, 0.29) is 11.8 Å². The summed E-state index contributed by atoms with van der Waals surface area (Å²) in [6.07, 6.45) is 0. The first-order valence-electron chi connectivity index (χ1n) is 5.03. The van der Waals surface area contributed by atoms with Crippen LogP contribution in [0.3, 0.4) is 0 Å². The second-order valence-corrected chi connectivity index (χ2v) is 3.45. The minimum atomic E-state index is -0.306. The topological polar surface area (TPSA) is 47.6 Å². The maximum absolute atomic E-state index is 11.4. The quantitative estimate of drug-likeness (QED) is 0.822. The summed E-state index contributed by atoms with van der Waals surface area (Å²) in [6, 6.07) is 5.15. The Morgan fingerprint density at radius 2 is 1.88 bits per heavy atom. The van der Waals surface area contributed by atoms with E-state index >= 15 is 0 Å². The van der Waals surface area contributed by atoms with Crippen LogP contribution in [-0.4, -0.2) is 27.1 Å². The highest BCUT2D eigenvalue weighted by molar-refractivity contribution is 5.83. The lowest BCUT2D eigenvalue weighted by molar-refractivity contribution is -0.119. The van der Waals surface area contributed by atoms with Gasteiger partial charge in [0.2, 0.25) is 0 Å². The van der Waals surface area contributed by atoms with Crippen molar-refractivity contribution in [3.63, 3.8) is 0 Å². The second kappa shape index (κ2) is 5.51. The van der Waals surface area contributed by atoms with Crippen molar-refractivity contribution in [1.29, 1.82) is 0 Å². The van der Waals surface area contributed by atoms with Gasteiger partial charge in [-0.25, -0.2) is 0 Å². The first-order valence-corrected chi connectivity index (χ1v) is 5.03. The molecule has 0 aliphatic rings. The maximum Gasteiger partial charge on any atom is 0.161 e. The number of ketones is 1. The molecule has 1 rings (SSSR count). The van der Waals surface area contributed by atoms with Crippen molar-refractivity contribution < 1.29 is 14.3 Å². The smallest absolute Gasteiger partial charge is 0.161 e. The first kappa shape index (κ1) is 12.5. The van der Waals surface area contributed by atoms with Crippen LogP contribution in [0.4, 0.5) is 0 Å². The monoisotopic (exact) mass is 223 g/mol. The van der Waals surface area contributed by atoms with E-state index in [9.17, 15) is 4.79 Å². The predicted octanol–water partition coefficient (Wildman–Crippen LogP) is 1.55. The van der Waals surface area contributed by atoms with Crippen LogP contribution in [0.2, 0.25) is 0 Å². The number of rotatable bonds is 5. The molecule has 4 nitrogen and oxygen atoms in total. The number of nitrogens with one attached hydrogen (secondary N) is 1. The molecule has 1 N–H and O–H groups in total. The first-order chi connectivity index (χ1) is 7.63. The van der Waals surface area contributed by atoms with E-state index < -0.39 is 0 Å². The van der Waals surface area contributed by atoms with Gasteiger partial charge in [-0.15, -0.1) is 0 Å². The van der Waals surface area contributed by atoms with Gasteiger partial charge in [0.25, 0.3) is 0 Å². The van der Waals surface area contributed by atoms with Crippen molar-refractivity contribution in [2.24, 2.45) is 0 Å². The summed E-state index contributed by atoms with van der Waals surface area (Å²) in [5.74, 6) is 1.35. The number of hydrogen-bond donors (Lipinski definition) is 1. The Bertz CT molecular complexity index is 377. The number of Topliss-reactive ketones (excluding diaryl/α,β-unsaturated/α-hetero) is 1. The SMILES string of the molecule is CNC(C(C)=O)c1ccc(OC)c(OC)c1. The zero-order chi connectivity index (χ0) is 12.1. The predicted molar refractivity (Wildman–Crippen MR) is 62.0 cm³/mol. The van der Waals surface area contributed by atoms with Crippen LogP contribution >= 0.6 is 0 Å². The van der Waals surface area contributed by atoms with Gasteiger partial charge in [0.1, 0.15) is 0 Å². The van der Waals surface area contributed by atoms with Gasteiger partial charge in [-0.3, -0.25) is 4.79 Å². The molecule has 1 unspecified atom stereocenters. The van der Waals surface area contributed by atoms with Crippen LogP contribution in [0.5, 0.6) is 11.5 Å². The molecule has 0 aromatic heterocycles. The fourth-order valence-corrected chi connectivity index (χ4v) is 1.64. The third-order valence-corrected chi connectivity index (χ3v) is 2.44. The number of methoxy groups -OCH3 is 2. The molecule has 4 heteroatoms. The Kier molecular flexibility index (Phi) is 4.31. The third-order valence-electron chi connectivity index (χ3n) is 2.44. The average Bonchev–Trinajstić information content (AvgIpc) is 2.29. The summed E-state index contributed by atoms with van der Waals surface area (Å²) in [5.41, 5.74) is 0.868. The van der Waals surface area contributed by atoms with Crippen LogP contribution in [0.25, 0.3) is 0 Å². The highest BCUT2D eigenvalue weighted by Crippen LogP contribution is 2.30. The molecule has 0 bridgehead atoms. The summed E-state index contributed by atoms with van der Waals surface area (Å²) >= 11 is 0. The van der Waals surface area contributed by atoms with Gasteiger partial charge in [0.15, 0.2) is 17.3 Å². The van der Waals surface area contributed by atoms with Crippen molar-refractivity contribution >= 4 is 5.78 Å². The summed E-state index contributed by atoms with van der Waals surface area (Å²) in [7, 11) is 4.91. The lowest BCUT2D eigenvalue weighted by atomic mass is 10.0. The number of carbonyl (C=O) groups excluding carboxylic acids is 1. The third kappa shape index (κ3) is 2.52. The Labute approximate surface area is 95.6 Å². The summed E-state index contributed by atoms with van der Waals surface area (Å²) in [4.78, 5) is 11.4. The molecule has 88 valence electrons. The van der Waals surface area contributed by atoms with E-state index in [1.807, 2.05) is 6.07 Å². The molecule has 0 saturated heterocycles. The van der Waals surface area contributed by atoms with Gasteiger partial charge in [-0.05, 0) is 31.7 Å². The molecule has 0 aliphatic carbocycles. The lowest BCUT2D eigenvalue weighted by Crippen LogP contribution is -2.23. The highest BCUT2D eigenvalue weighted by atomic mass is 16.5. The number of benzene rings is 1. The van der Waals surface area contributed by atoms with Crippen molar-refractivity contribution in [2.75, 3.05) is 21.3 Å². The van der Waals surface area contributed by atoms with E-state index in [1.165, 1.54) is 0 Å². The number of ether oxygens (including phenoxy) is 2. The van der Waals surface area contributed by atoms with Crippen LogP contribution < -0.4 is 14.8 Å². The Morgan fingerprint density at radius 1 is 1.25 bits per heavy atom. The van der Waals surface area contributed by atoms with Crippen molar-refractivity contribution in [2.45, 2.75) is 13.0 Å². The zero-order valence-electron chi connectivity index (χ0n) is 10.0. The number of likely N-dealkylation sites (N-methyl/N-ethyl adjacent to an activating group) is 1. The van der Waals surface area contributed by atoms with E-state index in [1.54, 1.807) is 40.3 Å². The molecule has 16 heavy (non-hydrogen) atoms. The largest absolute Gasteiger partial charge is 0.493 e. The van der Waals surface area contributed by atoms with Crippen molar-refractivity contribution in [1.82, 2.24) is 5.32 Å². The summed E-state index contributed by atoms with van der Waals surface area (Å²) < 4.78 is 10.3. The summed E-state index contributed by atoms with van der Waals surface area (Å²) in [5, 5.41) is 2.96. The van der Waals surface area contributed by atoms with Gasteiger partial charge in [0.05, 0.1) is 20.3 Å². The standard InChI is InChI=1S/C12H17NO3/c1-8(14)12(13-2)9-5-6-10(15-3)11(7-9)16-4/h5-7,12-13H,1-4H3. The van der Waals surface area contributed by atoms with E-state index in [0.717, 1.165) is 5.56 Å². The Morgan fingerprint density at radius 3 is 2.31 bits per heavy atom. The van der Waals surface area contributed by atoms with E-state index in [2.05, 4.69) is 5.32 Å². The normalized spacial score (nSPS) is 12.0. The van der Waals surface area contributed by atoms with E-state index in [4.69, 9.17) is 9.47 Å². The van der Waals surface area contributed by atoms with Gasteiger partial charge in [-0.2, -0.15) is 0 Å². The minimum absolute atomic E-state index is 0.0646. The molecule has 0 spiro atoms. The van der Waals surface area contributed by atoms with Crippen LogP contribution in [-0.2, 0) is 4.79 Å². The zero-order valence-corrected chi connectivity index (χ0v) is 10.0. The molecular formula is C12H17NO3. The minimum Gasteiger partial charge on any atom is -0.493 e. The second-order valence-electron chi connectivity index (χ2n) is 3.45. The molecule has 1 atom stereocenters. The van der Waals surface area contributed by atoms with Gasteiger partial charge in [0, 0.05) is 0 Å². The van der Waals surface area contributed by atoms with Crippen LogP contribution in [0, 0.1) is 0 Å². The van der Waals surface area contributed by atoms with Crippen LogP contribution in [0.15, 0.2) is 18.2 Å².